The average molecular weight is 307 g/mol. The molecule has 1 aliphatic heterocycles. The highest BCUT2D eigenvalue weighted by atomic mass is 16.2. The first kappa shape index (κ1) is 14.9. The topological polar surface area (TPSA) is 72.3 Å². The van der Waals surface area contributed by atoms with E-state index >= 15 is 0 Å². The molecule has 2 amide bonds. The van der Waals surface area contributed by atoms with Crippen LogP contribution in [0.4, 0.5) is 16.3 Å². The number of para-hydroxylation sites is 1. The number of hydrogen-bond acceptors (Lipinski definition) is 4. The monoisotopic (exact) mass is 307 g/mol. The number of carbonyl (C=O) groups is 1. The van der Waals surface area contributed by atoms with Crippen LogP contribution in [0.5, 0.6) is 0 Å². The van der Waals surface area contributed by atoms with Gasteiger partial charge in [0.05, 0.1) is 11.3 Å². The van der Waals surface area contributed by atoms with Crippen LogP contribution in [0, 0.1) is 11.3 Å². The fourth-order valence-electron chi connectivity index (χ4n) is 2.56. The van der Waals surface area contributed by atoms with Crippen molar-refractivity contribution in [1.82, 2.24) is 9.88 Å². The van der Waals surface area contributed by atoms with E-state index in [9.17, 15) is 4.79 Å². The summed E-state index contributed by atoms with van der Waals surface area (Å²) in [6.45, 7) is 2.73. The van der Waals surface area contributed by atoms with Gasteiger partial charge in [-0.3, -0.25) is 0 Å². The van der Waals surface area contributed by atoms with E-state index in [1.54, 1.807) is 35.4 Å². The summed E-state index contributed by atoms with van der Waals surface area (Å²) in [6, 6.07) is 14.7. The van der Waals surface area contributed by atoms with Crippen LogP contribution >= 0.6 is 0 Å². The molecule has 1 aromatic carbocycles. The number of carbonyl (C=O) groups excluding carboxylic acids is 1. The molecule has 1 aliphatic rings. The zero-order chi connectivity index (χ0) is 16.1. The van der Waals surface area contributed by atoms with Gasteiger partial charge in [-0.15, -0.1) is 0 Å². The molecule has 1 saturated heterocycles. The highest BCUT2D eigenvalue weighted by Gasteiger charge is 2.22. The van der Waals surface area contributed by atoms with Crippen molar-refractivity contribution >= 4 is 17.5 Å². The summed E-state index contributed by atoms with van der Waals surface area (Å²) in [7, 11) is 0. The fraction of sp³-hybridized carbons (Fsp3) is 0.235. The molecule has 0 atom stereocenters. The molecule has 1 N–H and O–H groups in total. The van der Waals surface area contributed by atoms with Crippen LogP contribution in [0.1, 0.15) is 5.56 Å². The molecule has 6 nitrogen and oxygen atoms in total. The number of aromatic nitrogens is 1. The van der Waals surface area contributed by atoms with E-state index in [0.717, 1.165) is 18.9 Å². The Kier molecular flexibility index (Phi) is 4.39. The van der Waals surface area contributed by atoms with Crippen LogP contribution < -0.4 is 10.2 Å². The van der Waals surface area contributed by atoms with Gasteiger partial charge in [-0.25, -0.2) is 9.78 Å². The van der Waals surface area contributed by atoms with Crippen molar-refractivity contribution in [2.75, 3.05) is 36.4 Å². The normalized spacial score (nSPS) is 14.2. The predicted octanol–water partition coefficient (Wildman–Crippen LogP) is 2.31. The Morgan fingerprint density at radius 1 is 1.09 bits per heavy atom. The summed E-state index contributed by atoms with van der Waals surface area (Å²) in [5, 5.41) is 11.9. The molecular weight excluding hydrogens is 290 g/mol. The quantitative estimate of drug-likeness (QED) is 0.924. The molecule has 1 fully saturated rings. The summed E-state index contributed by atoms with van der Waals surface area (Å²) < 4.78 is 0. The molecule has 3 rings (SSSR count). The molecule has 0 saturated carbocycles. The molecule has 116 valence electrons. The van der Waals surface area contributed by atoms with Crippen LogP contribution in [0.3, 0.4) is 0 Å². The zero-order valence-corrected chi connectivity index (χ0v) is 12.6. The highest BCUT2D eigenvalue weighted by molar-refractivity contribution is 5.91. The third kappa shape index (κ3) is 3.40. The Bertz CT molecular complexity index is 717. The molecular formula is C17H17N5O. The van der Waals surface area contributed by atoms with Crippen LogP contribution in [0.2, 0.25) is 0 Å². The number of amides is 2. The molecule has 2 aromatic rings. The largest absolute Gasteiger partial charge is 0.353 e. The molecule has 6 heteroatoms. The number of piperazine rings is 1. The second-order valence-corrected chi connectivity index (χ2v) is 5.25. The lowest BCUT2D eigenvalue weighted by atomic mass is 10.2. The number of nitrogens with zero attached hydrogens (tertiary/aromatic N) is 4. The van der Waals surface area contributed by atoms with Gasteiger partial charge in [0, 0.05) is 32.4 Å². The van der Waals surface area contributed by atoms with Gasteiger partial charge in [0.15, 0.2) is 0 Å². The second-order valence-electron chi connectivity index (χ2n) is 5.25. The molecule has 0 spiro atoms. The van der Waals surface area contributed by atoms with E-state index in [4.69, 9.17) is 5.26 Å². The SMILES string of the molecule is N#Cc1ccccc1NC(=O)N1CCN(c2ccccn2)CC1. The Labute approximate surface area is 135 Å². The summed E-state index contributed by atoms with van der Waals surface area (Å²) in [5.74, 6) is 0.933. The van der Waals surface area contributed by atoms with E-state index in [0.29, 0.717) is 24.3 Å². The number of anilines is 2. The van der Waals surface area contributed by atoms with Gasteiger partial charge in [-0.2, -0.15) is 5.26 Å². The van der Waals surface area contributed by atoms with Gasteiger partial charge >= 0.3 is 6.03 Å². The van der Waals surface area contributed by atoms with Gasteiger partial charge < -0.3 is 15.1 Å². The highest BCUT2D eigenvalue weighted by Crippen LogP contribution is 2.16. The van der Waals surface area contributed by atoms with Gasteiger partial charge in [0.1, 0.15) is 11.9 Å². The van der Waals surface area contributed by atoms with Gasteiger partial charge in [-0.05, 0) is 24.3 Å². The summed E-state index contributed by atoms with van der Waals surface area (Å²) in [5.41, 5.74) is 1.01. The lowest BCUT2D eigenvalue weighted by Gasteiger charge is -2.35. The van der Waals surface area contributed by atoms with E-state index < -0.39 is 0 Å². The van der Waals surface area contributed by atoms with Crippen molar-refractivity contribution in [1.29, 1.82) is 5.26 Å². The average Bonchev–Trinajstić information content (AvgIpc) is 2.63. The van der Waals surface area contributed by atoms with Crippen molar-refractivity contribution < 1.29 is 4.79 Å². The Balaban J connectivity index is 1.59. The first-order chi connectivity index (χ1) is 11.3. The Morgan fingerprint density at radius 2 is 1.83 bits per heavy atom. The van der Waals surface area contributed by atoms with Crippen molar-refractivity contribution in [2.24, 2.45) is 0 Å². The van der Waals surface area contributed by atoms with Crippen LogP contribution in [0.25, 0.3) is 0 Å². The number of pyridine rings is 1. The smallest absolute Gasteiger partial charge is 0.322 e. The third-order valence-electron chi connectivity index (χ3n) is 3.83. The van der Waals surface area contributed by atoms with Crippen LogP contribution in [-0.2, 0) is 0 Å². The number of urea groups is 1. The third-order valence-corrected chi connectivity index (χ3v) is 3.83. The standard InChI is InChI=1S/C17H17N5O/c18-13-14-5-1-2-6-15(14)20-17(23)22-11-9-21(10-12-22)16-7-3-4-8-19-16/h1-8H,9-12H2,(H,20,23). The maximum absolute atomic E-state index is 12.4. The zero-order valence-electron chi connectivity index (χ0n) is 12.6. The van der Waals surface area contributed by atoms with Gasteiger partial charge in [0.2, 0.25) is 0 Å². The lowest BCUT2D eigenvalue weighted by Crippen LogP contribution is -2.50. The first-order valence-corrected chi connectivity index (χ1v) is 7.49. The first-order valence-electron chi connectivity index (χ1n) is 7.49. The minimum absolute atomic E-state index is 0.173. The minimum Gasteiger partial charge on any atom is -0.353 e. The van der Waals surface area contributed by atoms with Crippen molar-refractivity contribution in [3.63, 3.8) is 0 Å². The minimum atomic E-state index is -0.173. The number of hydrogen-bond donors (Lipinski definition) is 1. The molecule has 0 unspecified atom stereocenters. The molecule has 0 bridgehead atoms. The van der Waals surface area contributed by atoms with Crippen LogP contribution in [-0.4, -0.2) is 42.1 Å². The van der Waals surface area contributed by atoms with Gasteiger partial charge in [0.25, 0.3) is 0 Å². The number of nitrogens with one attached hydrogen (secondary N) is 1. The summed E-state index contributed by atoms with van der Waals surface area (Å²) in [6.07, 6.45) is 1.77. The Morgan fingerprint density at radius 3 is 2.52 bits per heavy atom. The van der Waals surface area contributed by atoms with Crippen molar-refractivity contribution in [3.8, 4) is 6.07 Å². The van der Waals surface area contributed by atoms with Gasteiger partial charge in [-0.1, -0.05) is 18.2 Å². The fourth-order valence-corrected chi connectivity index (χ4v) is 2.56. The molecule has 0 radical (unpaired) electrons. The lowest BCUT2D eigenvalue weighted by molar-refractivity contribution is 0.208. The van der Waals surface area contributed by atoms with E-state index in [1.165, 1.54) is 0 Å². The van der Waals surface area contributed by atoms with Crippen LogP contribution in [0.15, 0.2) is 48.7 Å². The van der Waals surface area contributed by atoms with E-state index in [-0.39, 0.29) is 6.03 Å². The van der Waals surface area contributed by atoms with E-state index in [1.807, 2.05) is 18.2 Å². The summed E-state index contributed by atoms with van der Waals surface area (Å²) >= 11 is 0. The molecule has 2 heterocycles. The number of rotatable bonds is 2. The van der Waals surface area contributed by atoms with Crippen molar-refractivity contribution in [3.05, 3.63) is 54.2 Å². The predicted molar refractivity (Wildman–Crippen MR) is 88.2 cm³/mol. The summed E-state index contributed by atoms with van der Waals surface area (Å²) in [4.78, 5) is 20.6. The molecule has 0 aliphatic carbocycles. The van der Waals surface area contributed by atoms with Crippen molar-refractivity contribution in [2.45, 2.75) is 0 Å². The second kappa shape index (κ2) is 6.79. The van der Waals surface area contributed by atoms with E-state index in [2.05, 4.69) is 21.3 Å². The number of nitriles is 1. The molecule has 23 heavy (non-hydrogen) atoms. The molecule has 1 aromatic heterocycles. The number of benzene rings is 1. The Hall–Kier alpha value is -3.07. The maximum Gasteiger partial charge on any atom is 0.322 e. The maximum atomic E-state index is 12.4.